The van der Waals surface area contributed by atoms with Crippen LogP contribution in [0.4, 0.5) is 11.5 Å². The highest BCUT2D eigenvalue weighted by Crippen LogP contribution is 2.31. The quantitative estimate of drug-likeness (QED) is 0.636. The normalized spacial score (nSPS) is 18.7. The van der Waals surface area contributed by atoms with Crippen LogP contribution in [-0.2, 0) is 0 Å². The van der Waals surface area contributed by atoms with E-state index < -0.39 is 0 Å². The number of aromatic nitrogens is 1. The van der Waals surface area contributed by atoms with Crippen molar-refractivity contribution in [1.82, 2.24) is 10.3 Å². The summed E-state index contributed by atoms with van der Waals surface area (Å²) in [6.07, 6.45) is 0. The Bertz CT molecular complexity index is 473. The van der Waals surface area contributed by atoms with Crippen LogP contribution >= 0.6 is 0 Å². The molecule has 1 aliphatic rings. The molecule has 1 saturated heterocycles. The van der Waals surface area contributed by atoms with E-state index in [1.807, 2.05) is 11.8 Å². The van der Waals surface area contributed by atoms with Gasteiger partial charge in [0.25, 0.3) is 0 Å². The van der Waals surface area contributed by atoms with Crippen molar-refractivity contribution in [2.75, 3.05) is 24.5 Å². The van der Waals surface area contributed by atoms with Crippen LogP contribution in [0.25, 0.3) is 0 Å². The summed E-state index contributed by atoms with van der Waals surface area (Å²) in [4.78, 5) is 17.1. The molecule has 6 heteroatoms. The molecule has 6 nitrogen and oxygen atoms in total. The van der Waals surface area contributed by atoms with E-state index in [1.54, 1.807) is 6.07 Å². The zero-order valence-corrected chi connectivity index (χ0v) is 10.9. The number of rotatable bonds is 2. The van der Waals surface area contributed by atoms with Crippen molar-refractivity contribution in [2.45, 2.75) is 26.3 Å². The lowest BCUT2D eigenvalue weighted by Crippen LogP contribution is -2.58. The molecule has 0 aromatic carbocycles. The van der Waals surface area contributed by atoms with E-state index in [1.165, 1.54) is 6.07 Å². The fraction of sp³-hybridized carbons (Fsp3) is 0.583. The number of nitrogens with zero attached hydrogens (tertiary/aromatic N) is 3. The van der Waals surface area contributed by atoms with Crippen LogP contribution in [-0.4, -0.2) is 35.1 Å². The van der Waals surface area contributed by atoms with Gasteiger partial charge in [-0.2, -0.15) is 0 Å². The third kappa shape index (κ3) is 2.28. The van der Waals surface area contributed by atoms with Gasteiger partial charge in [0.05, 0.1) is 4.92 Å². The first-order valence-electron chi connectivity index (χ1n) is 6.02. The zero-order valence-electron chi connectivity index (χ0n) is 10.9. The first-order valence-corrected chi connectivity index (χ1v) is 6.02. The van der Waals surface area contributed by atoms with Gasteiger partial charge in [-0.3, -0.25) is 10.1 Å². The lowest BCUT2D eigenvalue weighted by molar-refractivity contribution is -0.384. The zero-order chi connectivity index (χ0) is 13.3. The Kier molecular flexibility index (Phi) is 3.21. The number of nitro groups is 1. The van der Waals surface area contributed by atoms with Gasteiger partial charge in [-0.05, 0) is 26.8 Å². The number of piperazine rings is 1. The predicted molar refractivity (Wildman–Crippen MR) is 69.9 cm³/mol. The standard InChI is InChI=1S/C12H18N4O2/c1-9-4-5-10(16(17)18)11(14-9)15-7-6-13-8-12(15,2)3/h4-5,13H,6-8H2,1-3H3. The van der Waals surface area contributed by atoms with Gasteiger partial charge in [0.1, 0.15) is 0 Å². The topological polar surface area (TPSA) is 71.3 Å². The van der Waals surface area contributed by atoms with Gasteiger partial charge in [-0.1, -0.05) is 0 Å². The van der Waals surface area contributed by atoms with Gasteiger partial charge in [0.2, 0.25) is 5.82 Å². The van der Waals surface area contributed by atoms with Crippen molar-refractivity contribution in [2.24, 2.45) is 0 Å². The van der Waals surface area contributed by atoms with Crippen LogP contribution in [0.3, 0.4) is 0 Å². The van der Waals surface area contributed by atoms with Crippen LogP contribution < -0.4 is 10.2 Å². The average Bonchev–Trinajstić information content (AvgIpc) is 2.27. The van der Waals surface area contributed by atoms with Crippen molar-refractivity contribution < 1.29 is 4.92 Å². The van der Waals surface area contributed by atoms with Crippen LogP contribution in [0, 0.1) is 17.0 Å². The van der Waals surface area contributed by atoms with Crippen molar-refractivity contribution in [3.05, 3.63) is 27.9 Å². The van der Waals surface area contributed by atoms with Crippen molar-refractivity contribution in [3.8, 4) is 0 Å². The van der Waals surface area contributed by atoms with Gasteiger partial charge in [-0.25, -0.2) is 4.98 Å². The molecule has 2 heterocycles. The van der Waals surface area contributed by atoms with E-state index in [-0.39, 0.29) is 16.1 Å². The summed E-state index contributed by atoms with van der Waals surface area (Å²) < 4.78 is 0. The molecule has 1 aliphatic heterocycles. The molecule has 0 saturated carbocycles. The van der Waals surface area contributed by atoms with E-state index >= 15 is 0 Å². The summed E-state index contributed by atoms with van der Waals surface area (Å²) in [5, 5.41) is 14.4. The number of hydrogen-bond acceptors (Lipinski definition) is 5. The highest BCUT2D eigenvalue weighted by Gasteiger charge is 2.34. The van der Waals surface area contributed by atoms with E-state index in [9.17, 15) is 10.1 Å². The van der Waals surface area contributed by atoms with E-state index in [0.717, 1.165) is 25.3 Å². The maximum absolute atomic E-state index is 11.1. The number of pyridine rings is 1. The largest absolute Gasteiger partial charge is 0.343 e. The molecule has 0 spiro atoms. The minimum Gasteiger partial charge on any atom is -0.343 e. The Labute approximate surface area is 106 Å². The summed E-state index contributed by atoms with van der Waals surface area (Å²) in [6.45, 7) is 8.31. The van der Waals surface area contributed by atoms with Crippen molar-refractivity contribution in [3.63, 3.8) is 0 Å². The monoisotopic (exact) mass is 250 g/mol. The van der Waals surface area contributed by atoms with Gasteiger partial charge in [0.15, 0.2) is 0 Å². The van der Waals surface area contributed by atoms with Crippen LogP contribution in [0.2, 0.25) is 0 Å². The highest BCUT2D eigenvalue weighted by molar-refractivity contribution is 5.60. The second-order valence-electron chi connectivity index (χ2n) is 5.19. The Morgan fingerprint density at radius 1 is 1.50 bits per heavy atom. The SMILES string of the molecule is Cc1ccc([N+](=O)[O-])c(N2CCNCC2(C)C)n1. The molecule has 2 rings (SSSR count). The van der Waals surface area contributed by atoms with Crippen molar-refractivity contribution in [1.29, 1.82) is 0 Å². The van der Waals surface area contributed by atoms with Crippen molar-refractivity contribution >= 4 is 11.5 Å². The Morgan fingerprint density at radius 3 is 2.83 bits per heavy atom. The van der Waals surface area contributed by atoms with E-state index in [0.29, 0.717) is 5.82 Å². The van der Waals surface area contributed by atoms with Crippen LogP contribution in [0.15, 0.2) is 12.1 Å². The minimum atomic E-state index is -0.361. The molecule has 0 atom stereocenters. The van der Waals surface area contributed by atoms with Gasteiger partial charge < -0.3 is 10.2 Å². The smallest absolute Gasteiger partial charge is 0.311 e. The van der Waals surface area contributed by atoms with Gasteiger partial charge in [0, 0.05) is 36.9 Å². The fourth-order valence-electron chi connectivity index (χ4n) is 2.25. The summed E-state index contributed by atoms with van der Waals surface area (Å²) in [5.41, 5.74) is 0.699. The van der Waals surface area contributed by atoms with Gasteiger partial charge >= 0.3 is 5.69 Å². The molecule has 1 fully saturated rings. The second-order valence-corrected chi connectivity index (χ2v) is 5.19. The number of anilines is 1. The Morgan fingerprint density at radius 2 is 2.22 bits per heavy atom. The molecule has 0 radical (unpaired) electrons. The Hall–Kier alpha value is -1.69. The number of hydrogen-bond donors (Lipinski definition) is 1. The van der Waals surface area contributed by atoms with E-state index in [2.05, 4.69) is 24.1 Å². The molecule has 0 amide bonds. The number of nitrogens with one attached hydrogen (secondary N) is 1. The second kappa shape index (κ2) is 4.53. The third-order valence-electron chi connectivity index (χ3n) is 3.25. The molecular weight excluding hydrogens is 232 g/mol. The average molecular weight is 250 g/mol. The summed E-state index contributed by atoms with van der Waals surface area (Å²) >= 11 is 0. The maximum Gasteiger partial charge on any atom is 0.311 e. The molecular formula is C12H18N4O2. The predicted octanol–water partition coefficient (Wildman–Crippen LogP) is 1.49. The summed E-state index contributed by atoms with van der Waals surface area (Å²) in [6, 6.07) is 3.21. The molecule has 98 valence electrons. The lowest BCUT2D eigenvalue weighted by atomic mass is 10.00. The lowest BCUT2D eigenvalue weighted by Gasteiger charge is -2.43. The fourth-order valence-corrected chi connectivity index (χ4v) is 2.25. The molecule has 0 unspecified atom stereocenters. The van der Waals surface area contributed by atoms with Crippen LogP contribution in [0.1, 0.15) is 19.5 Å². The summed E-state index contributed by atoms with van der Waals surface area (Å²) in [7, 11) is 0. The third-order valence-corrected chi connectivity index (χ3v) is 3.25. The van der Waals surface area contributed by atoms with E-state index in [4.69, 9.17) is 0 Å². The number of aryl methyl sites for hydroxylation is 1. The molecule has 0 aliphatic carbocycles. The van der Waals surface area contributed by atoms with Gasteiger partial charge in [-0.15, -0.1) is 0 Å². The molecule has 1 aromatic rings. The minimum absolute atomic E-state index is 0.0792. The maximum atomic E-state index is 11.1. The molecule has 1 aromatic heterocycles. The molecule has 0 bridgehead atoms. The Balaban J connectivity index is 2.48. The molecule has 18 heavy (non-hydrogen) atoms. The van der Waals surface area contributed by atoms with Crippen LogP contribution in [0.5, 0.6) is 0 Å². The first-order chi connectivity index (χ1) is 8.42. The highest BCUT2D eigenvalue weighted by atomic mass is 16.6. The first kappa shape index (κ1) is 12.8. The molecule has 1 N–H and O–H groups in total. The summed E-state index contributed by atoms with van der Waals surface area (Å²) in [5.74, 6) is 0.478.